The first-order valence-electron chi connectivity index (χ1n) is 8.57. The molecule has 150 valence electrons. The first kappa shape index (κ1) is 20.3. The SMILES string of the molecule is O=C(O)COc1ccc(Cl)cc1C1c2scnc2CCN1C(=O)OCCCF. The lowest BCUT2D eigenvalue weighted by Gasteiger charge is -2.35. The first-order chi connectivity index (χ1) is 13.5. The van der Waals surface area contributed by atoms with Crippen LogP contribution in [0.25, 0.3) is 0 Å². The Morgan fingerprint density at radius 2 is 2.25 bits per heavy atom. The zero-order valence-electron chi connectivity index (χ0n) is 14.8. The van der Waals surface area contributed by atoms with Crippen LogP contribution in [0.5, 0.6) is 5.75 Å². The van der Waals surface area contributed by atoms with Gasteiger partial charge in [0, 0.05) is 30.0 Å². The largest absolute Gasteiger partial charge is 0.482 e. The molecule has 2 aromatic rings. The maximum absolute atomic E-state index is 12.6. The molecule has 7 nitrogen and oxygen atoms in total. The molecule has 28 heavy (non-hydrogen) atoms. The van der Waals surface area contributed by atoms with Gasteiger partial charge in [-0.3, -0.25) is 9.29 Å². The molecule has 0 saturated carbocycles. The van der Waals surface area contributed by atoms with Gasteiger partial charge in [-0.2, -0.15) is 0 Å². The van der Waals surface area contributed by atoms with E-state index in [1.54, 1.807) is 23.7 Å². The van der Waals surface area contributed by atoms with E-state index in [1.807, 2.05) is 0 Å². The van der Waals surface area contributed by atoms with E-state index in [0.29, 0.717) is 29.3 Å². The van der Waals surface area contributed by atoms with Crippen LogP contribution in [0.4, 0.5) is 9.18 Å². The van der Waals surface area contributed by atoms with Crippen LogP contribution in [0.3, 0.4) is 0 Å². The average Bonchev–Trinajstić information content (AvgIpc) is 3.15. The third-order valence-electron chi connectivity index (χ3n) is 4.18. The van der Waals surface area contributed by atoms with Gasteiger partial charge in [-0.1, -0.05) is 11.6 Å². The number of fused-ring (bicyclic) bond motifs is 1. The average molecular weight is 429 g/mol. The molecule has 0 fully saturated rings. The van der Waals surface area contributed by atoms with Crippen molar-refractivity contribution in [2.45, 2.75) is 18.9 Å². The summed E-state index contributed by atoms with van der Waals surface area (Å²) in [5, 5.41) is 9.36. The fourth-order valence-electron chi connectivity index (χ4n) is 2.99. The number of aromatic nitrogens is 1. The molecule has 2 heterocycles. The molecule has 1 atom stereocenters. The number of aliphatic carboxylic acids is 1. The maximum atomic E-state index is 12.6. The number of carbonyl (C=O) groups excluding carboxylic acids is 1. The van der Waals surface area contributed by atoms with E-state index in [1.165, 1.54) is 16.2 Å². The molecule has 1 unspecified atom stereocenters. The zero-order valence-corrected chi connectivity index (χ0v) is 16.3. The summed E-state index contributed by atoms with van der Waals surface area (Å²) >= 11 is 7.55. The molecule has 1 aliphatic rings. The number of halogens is 2. The van der Waals surface area contributed by atoms with Crippen molar-refractivity contribution < 1.29 is 28.6 Å². The van der Waals surface area contributed by atoms with Gasteiger partial charge < -0.3 is 14.6 Å². The van der Waals surface area contributed by atoms with Crippen LogP contribution >= 0.6 is 22.9 Å². The van der Waals surface area contributed by atoms with E-state index >= 15 is 0 Å². The second-order valence-corrected chi connectivity index (χ2v) is 7.35. The van der Waals surface area contributed by atoms with Crippen molar-refractivity contribution >= 4 is 35.0 Å². The summed E-state index contributed by atoms with van der Waals surface area (Å²) in [4.78, 5) is 30.3. The lowest BCUT2D eigenvalue weighted by molar-refractivity contribution is -0.139. The van der Waals surface area contributed by atoms with Crippen molar-refractivity contribution in [3.05, 3.63) is 44.9 Å². The Kier molecular flexibility index (Phi) is 6.69. The van der Waals surface area contributed by atoms with Crippen molar-refractivity contribution in [2.75, 3.05) is 26.4 Å². The van der Waals surface area contributed by atoms with E-state index in [9.17, 15) is 14.0 Å². The maximum Gasteiger partial charge on any atom is 0.410 e. The number of carboxylic acids is 1. The Bertz CT molecular complexity index is 862. The molecule has 10 heteroatoms. The summed E-state index contributed by atoms with van der Waals surface area (Å²) in [6.45, 7) is -0.776. The molecule has 0 bridgehead atoms. The number of alkyl halides is 1. The Hall–Kier alpha value is -2.39. The van der Waals surface area contributed by atoms with Crippen molar-refractivity contribution in [2.24, 2.45) is 0 Å². The van der Waals surface area contributed by atoms with Crippen LogP contribution in [0.2, 0.25) is 5.02 Å². The van der Waals surface area contributed by atoms with E-state index in [4.69, 9.17) is 26.2 Å². The van der Waals surface area contributed by atoms with Gasteiger partial charge in [0.2, 0.25) is 0 Å². The Morgan fingerprint density at radius 3 is 3.00 bits per heavy atom. The van der Waals surface area contributed by atoms with Crippen LogP contribution in [0, 0.1) is 0 Å². The molecule has 1 N–H and O–H groups in total. The second-order valence-electron chi connectivity index (χ2n) is 6.03. The number of thiazole rings is 1. The third kappa shape index (κ3) is 4.53. The number of hydrogen-bond donors (Lipinski definition) is 1. The molecule has 0 spiro atoms. The normalized spacial score (nSPS) is 15.8. The summed E-state index contributed by atoms with van der Waals surface area (Å²) < 4.78 is 23.0. The van der Waals surface area contributed by atoms with E-state index in [-0.39, 0.29) is 13.0 Å². The fraction of sp³-hybridized carbons (Fsp3) is 0.389. The minimum Gasteiger partial charge on any atom is -0.482 e. The first-order valence-corrected chi connectivity index (χ1v) is 9.82. The molecular weight excluding hydrogens is 411 g/mol. The van der Waals surface area contributed by atoms with Crippen molar-refractivity contribution in [3.63, 3.8) is 0 Å². The number of ether oxygens (including phenoxy) is 2. The Balaban J connectivity index is 1.98. The molecule has 0 saturated heterocycles. The number of carbonyl (C=O) groups is 2. The Morgan fingerprint density at radius 1 is 1.43 bits per heavy atom. The monoisotopic (exact) mass is 428 g/mol. The van der Waals surface area contributed by atoms with Crippen LogP contribution in [-0.4, -0.2) is 53.5 Å². The minimum atomic E-state index is -1.12. The van der Waals surface area contributed by atoms with E-state index < -0.39 is 31.4 Å². The summed E-state index contributed by atoms with van der Waals surface area (Å²) in [6.07, 6.45) is 0.0984. The van der Waals surface area contributed by atoms with Gasteiger partial charge in [-0.05, 0) is 18.2 Å². The standard InChI is InChI=1S/C18H18ClFN2O5S/c19-11-2-3-14(27-9-15(23)24)12(8-11)16-17-13(21-10-28-17)4-6-22(16)18(25)26-7-1-5-20/h2-3,8,10,16H,1,4-7,9H2,(H,23,24). The van der Waals surface area contributed by atoms with Gasteiger partial charge in [-0.15, -0.1) is 11.3 Å². The molecule has 1 aromatic heterocycles. The second kappa shape index (κ2) is 9.20. The molecular formula is C18H18ClFN2O5S. The number of hydrogen-bond acceptors (Lipinski definition) is 6. The lowest BCUT2D eigenvalue weighted by atomic mass is 9.97. The molecule has 0 aliphatic carbocycles. The van der Waals surface area contributed by atoms with Gasteiger partial charge in [0.25, 0.3) is 0 Å². The predicted molar refractivity (Wildman–Crippen MR) is 101 cm³/mol. The molecule has 1 aliphatic heterocycles. The fourth-order valence-corrected chi connectivity index (χ4v) is 4.14. The zero-order chi connectivity index (χ0) is 20.1. The molecule has 0 radical (unpaired) electrons. The molecule has 1 amide bonds. The van der Waals surface area contributed by atoms with Crippen molar-refractivity contribution in [1.29, 1.82) is 0 Å². The summed E-state index contributed by atoms with van der Waals surface area (Å²) in [5.74, 6) is -0.815. The highest BCUT2D eigenvalue weighted by molar-refractivity contribution is 7.09. The highest BCUT2D eigenvalue weighted by Gasteiger charge is 2.36. The van der Waals surface area contributed by atoms with Gasteiger partial charge in [-0.25, -0.2) is 14.6 Å². The quantitative estimate of drug-likeness (QED) is 0.676. The summed E-state index contributed by atoms with van der Waals surface area (Å²) in [5.41, 5.74) is 3.09. The van der Waals surface area contributed by atoms with E-state index in [0.717, 1.165) is 10.6 Å². The van der Waals surface area contributed by atoms with Crippen LogP contribution in [0.1, 0.15) is 28.6 Å². The minimum absolute atomic E-state index is 0.0218. The predicted octanol–water partition coefficient (Wildman–Crippen LogP) is 3.70. The van der Waals surface area contributed by atoms with Crippen LogP contribution < -0.4 is 4.74 Å². The lowest BCUT2D eigenvalue weighted by Crippen LogP contribution is -2.40. The number of carboxylic acid groups (broad SMARTS) is 1. The molecule has 3 rings (SSSR count). The van der Waals surface area contributed by atoms with E-state index in [2.05, 4.69) is 4.98 Å². The van der Waals surface area contributed by atoms with Gasteiger partial charge in [0.1, 0.15) is 11.8 Å². The van der Waals surface area contributed by atoms with Gasteiger partial charge >= 0.3 is 12.1 Å². The Labute approximate surface area is 169 Å². The van der Waals surface area contributed by atoms with Gasteiger partial charge in [0.15, 0.2) is 6.61 Å². The number of benzene rings is 1. The summed E-state index contributed by atoms with van der Waals surface area (Å²) in [6, 6.07) is 4.21. The number of nitrogens with zero attached hydrogens (tertiary/aromatic N) is 2. The van der Waals surface area contributed by atoms with Crippen molar-refractivity contribution in [3.8, 4) is 5.75 Å². The summed E-state index contributed by atoms with van der Waals surface area (Å²) in [7, 11) is 0. The number of rotatable bonds is 7. The van der Waals surface area contributed by atoms with Crippen LogP contribution in [0.15, 0.2) is 23.7 Å². The molecule has 1 aromatic carbocycles. The highest BCUT2D eigenvalue weighted by atomic mass is 35.5. The van der Waals surface area contributed by atoms with Crippen molar-refractivity contribution in [1.82, 2.24) is 9.88 Å². The smallest absolute Gasteiger partial charge is 0.410 e. The topological polar surface area (TPSA) is 89.0 Å². The number of amides is 1. The highest BCUT2D eigenvalue weighted by Crippen LogP contribution is 2.42. The third-order valence-corrected chi connectivity index (χ3v) is 5.34. The van der Waals surface area contributed by atoms with Gasteiger partial charge in [0.05, 0.1) is 29.4 Å². The van der Waals surface area contributed by atoms with Crippen LogP contribution in [-0.2, 0) is 16.0 Å².